The Morgan fingerprint density at radius 2 is 1.75 bits per heavy atom. The number of hydrogen-bond acceptors (Lipinski definition) is 5. The van der Waals surface area contributed by atoms with Gasteiger partial charge in [-0.3, -0.25) is 14.4 Å². The van der Waals surface area contributed by atoms with E-state index in [-0.39, 0.29) is 11.8 Å². The third-order valence-corrected chi connectivity index (χ3v) is 5.35. The smallest absolute Gasteiger partial charge is 0.243 e. The van der Waals surface area contributed by atoms with Gasteiger partial charge in [0.1, 0.15) is 12.1 Å². The fourth-order valence-electron chi connectivity index (χ4n) is 2.70. The molecule has 0 heterocycles. The van der Waals surface area contributed by atoms with Crippen molar-refractivity contribution in [2.45, 2.75) is 51.2 Å². The summed E-state index contributed by atoms with van der Waals surface area (Å²) in [5, 5.41) is 5.44. The fraction of sp³-hybridized carbons (Fsp3) is 0.550. The minimum atomic E-state index is -0.846. The van der Waals surface area contributed by atoms with Gasteiger partial charge in [-0.15, -0.1) is 0 Å². The molecule has 28 heavy (non-hydrogen) atoms. The number of thioether (sulfide) groups is 1. The maximum Gasteiger partial charge on any atom is 0.243 e. The maximum absolute atomic E-state index is 12.9. The Morgan fingerprint density at radius 3 is 2.29 bits per heavy atom. The molecule has 1 aromatic carbocycles. The minimum absolute atomic E-state index is 0.113. The second-order valence-corrected chi connectivity index (χ2v) is 7.90. The Hall–Kier alpha value is -2.06. The minimum Gasteiger partial charge on any atom is -0.368 e. The van der Waals surface area contributed by atoms with Crippen LogP contribution in [0.25, 0.3) is 0 Å². The quantitative estimate of drug-likeness (QED) is 0.407. The Labute approximate surface area is 171 Å². The Kier molecular flexibility index (Phi) is 10.6. The lowest BCUT2D eigenvalue weighted by atomic mass is 9.97. The number of amides is 3. The number of nitrogens with two attached hydrogens (primary N) is 2. The van der Waals surface area contributed by atoms with Crippen molar-refractivity contribution < 1.29 is 14.4 Å². The number of primary amides is 1. The third kappa shape index (κ3) is 7.90. The van der Waals surface area contributed by atoms with E-state index in [0.717, 1.165) is 11.3 Å². The average molecular weight is 409 g/mol. The van der Waals surface area contributed by atoms with Gasteiger partial charge in [-0.1, -0.05) is 50.6 Å². The van der Waals surface area contributed by atoms with Crippen LogP contribution in [0.1, 0.15) is 32.3 Å². The molecule has 0 spiro atoms. The van der Waals surface area contributed by atoms with E-state index in [0.29, 0.717) is 19.3 Å². The van der Waals surface area contributed by atoms with Gasteiger partial charge in [-0.2, -0.15) is 11.8 Å². The van der Waals surface area contributed by atoms with Crippen LogP contribution in [0.3, 0.4) is 0 Å². The van der Waals surface area contributed by atoms with E-state index in [1.807, 2.05) is 50.4 Å². The summed E-state index contributed by atoms with van der Waals surface area (Å²) in [5.41, 5.74) is 12.3. The van der Waals surface area contributed by atoms with E-state index in [9.17, 15) is 14.4 Å². The highest BCUT2D eigenvalue weighted by atomic mass is 32.2. The normalized spacial score (nSPS) is 15.1. The van der Waals surface area contributed by atoms with Crippen LogP contribution in [0.5, 0.6) is 0 Å². The largest absolute Gasteiger partial charge is 0.368 e. The van der Waals surface area contributed by atoms with Crippen LogP contribution >= 0.6 is 11.8 Å². The Balaban J connectivity index is 2.93. The number of hydrogen-bond donors (Lipinski definition) is 4. The van der Waals surface area contributed by atoms with Crippen molar-refractivity contribution in [2.75, 3.05) is 12.0 Å². The first-order valence-electron chi connectivity index (χ1n) is 9.48. The molecule has 1 aromatic rings. The molecule has 0 aromatic heterocycles. The molecule has 0 saturated heterocycles. The van der Waals surface area contributed by atoms with E-state index < -0.39 is 29.9 Å². The fourth-order valence-corrected chi connectivity index (χ4v) is 3.19. The van der Waals surface area contributed by atoms with Crippen LogP contribution < -0.4 is 22.1 Å². The topological polar surface area (TPSA) is 127 Å². The van der Waals surface area contributed by atoms with Crippen LogP contribution in [-0.4, -0.2) is 47.9 Å². The molecule has 6 N–H and O–H groups in total. The highest BCUT2D eigenvalue weighted by Crippen LogP contribution is 2.10. The van der Waals surface area contributed by atoms with E-state index in [1.54, 1.807) is 11.8 Å². The summed E-state index contributed by atoms with van der Waals surface area (Å²) >= 11 is 1.60. The zero-order chi connectivity index (χ0) is 21.1. The van der Waals surface area contributed by atoms with Gasteiger partial charge in [-0.05, 0) is 29.9 Å². The van der Waals surface area contributed by atoms with Crippen LogP contribution in [0.15, 0.2) is 30.3 Å². The molecule has 0 fully saturated rings. The van der Waals surface area contributed by atoms with Crippen molar-refractivity contribution in [3.63, 3.8) is 0 Å². The van der Waals surface area contributed by atoms with Crippen molar-refractivity contribution in [1.29, 1.82) is 0 Å². The molecule has 0 aliphatic carbocycles. The highest BCUT2D eigenvalue weighted by molar-refractivity contribution is 7.98. The van der Waals surface area contributed by atoms with Crippen LogP contribution in [-0.2, 0) is 20.8 Å². The van der Waals surface area contributed by atoms with Gasteiger partial charge in [0.2, 0.25) is 17.7 Å². The molecular formula is C20H32N4O3S. The molecule has 1 rings (SSSR count). The second-order valence-electron chi connectivity index (χ2n) is 6.91. The molecular weight excluding hydrogens is 376 g/mol. The molecule has 0 aliphatic heterocycles. The summed E-state index contributed by atoms with van der Waals surface area (Å²) in [6.45, 7) is 3.76. The molecule has 0 unspecified atom stereocenters. The van der Waals surface area contributed by atoms with E-state index >= 15 is 0 Å². The zero-order valence-electron chi connectivity index (χ0n) is 16.8. The summed E-state index contributed by atoms with van der Waals surface area (Å²) in [7, 11) is 0. The summed E-state index contributed by atoms with van der Waals surface area (Å²) in [6.07, 6.45) is 3.43. The second kappa shape index (κ2) is 12.4. The molecule has 0 radical (unpaired) electrons. The molecule has 3 amide bonds. The average Bonchev–Trinajstić information content (AvgIpc) is 2.69. The van der Waals surface area contributed by atoms with Crippen LogP contribution in [0, 0.1) is 5.92 Å². The summed E-state index contributed by atoms with van der Waals surface area (Å²) in [5.74, 6) is -0.785. The summed E-state index contributed by atoms with van der Waals surface area (Å²) in [6, 6.07) is 7.02. The van der Waals surface area contributed by atoms with Gasteiger partial charge in [-0.25, -0.2) is 0 Å². The lowest BCUT2D eigenvalue weighted by Gasteiger charge is -2.26. The number of benzene rings is 1. The maximum atomic E-state index is 12.9. The predicted octanol–water partition coefficient (Wildman–Crippen LogP) is 0.811. The standard InChI is InChI=1S/C20H32N4O3S/c1-4-13(2)17(18(22)25)24-20(27)16(12-14-8-6-5-7-9-14)23-19(26)15(21)10-11-28-3/h5-9,13,15-17H,4,10-12,21H2,1-3H3,(H2,22,25)(H,23,26)(H,24,27)/t13-,15-,16-,17-/m0/s1. The molecule has 0 bridgehead atoms. The lowest BCUT2D eigenvalue weighted by Crippen LogP contribution is -2.57. The molecule has 7 nitrogen and oxygen atoms in total. The van der Waals surface area contributed by atoms with E-state index in [1.165, 1.54) is 0 Å². The van der Waals surface area contributed by atoms with Crippen LogP contribution in [0.4, 0.5) is 0 Å². The SMILES string of the molecule is CC[C@H](C)[C@H](NC(=O)[C@H](Cc1ccccc1)NC(=O)[C@@H](N)CCSC)C(N)=O. The lowest BCUT2D eigenvalue weighted by molar-refractivity contribution is -0.132. The Morgan fingerprint density at radius 1 is 1.11 bits per heavy atom. The first-order valence-corrected chi connectivity index (χ1v) is 10.9. The molecule has 4 atom stereocenters. The first kappa shape index (κ1) is 24.0. The number of nitrogens with one attached hydrogen (secondary N) is 2. The van der Waals surface area contributed by atoms with E-state index in [2.05, 4.69) is 10.6 Å². The van der Waals surface area contributed by atoms with Gasteiger partial charge in [0, 0.05) is 6.42 Å². The van der Waals surface area contributed by atoms with Crippen molar-refractivity contribution in [3.05, 3.63) is 35.9 Å². The molecule has 8 heteroatoms. The van der Waals surface area contributed by atoms with Crippen molar-refractivity contribution in [1.82, 2.24) is 10.6 Å². The number of carbonyl (C=O) groups is 3. The summed E-state index contributed by atoms with van der Waals surface area (Å²) in [4.78, 5) is 37.1. The zero-order valence-corrected chi connectivity index (χ0v) is 17.6. The third-order valence-electron chi connectivity index (χ3n) is 4.70. The van der Waals surface area contributed by atoms with Crippen molar-refractivity contribution in [2.24, 2.45) is 17.4 Å². The Bertz CT molecular complexity index is 642. The summed E-state index contributed by atoms with van der Waals surface area (Å²) < 4.78 is 0. The molecule has 156 valence electrons. The van der Waals surface area contributed by atoms with Gasteiger partial charge in [0.15, 0.2) is 0 Å². The molecule has 0 aliphatic rings. The van der Waals surface area contributed by atoms with Crippen LogP contribution in [0.2, 0.25) is 0 Å². The molecule has 0 saturated carbocycles. The monoisotopic (exact) mass is 408 g/mol. The van der Waals surface area contributed by atoms with Gasteiger partial charge >= 0.3 is 0 Å². The van der Waals surface area contributed by atoms with Crippen molar-refractivity contribution >= 4 is 29.5 Å². The van der Waals surface area contributed by atoms with Gasteiger partial charge < -0.3 is 22.1 Å². The first-order chi connectivity index (χ1) is 13.3. The number of carbonyl (C=O) groups excluding carboxylic acids is 3. The highest BCUT2D eigenvalue weighted by Gasteiger charge is 2.29. The predicted molar refractivity (Wildman–Crippen MR) is 114 cm³/mol. The number of rotatable bonds is 12. The van der Waals surface area contributed by atoms with Crippen molar-refractivity contribution in [3.8, 4) is 0 Å². The van der Waals surface area contributed by atoms with E-state index in [4.69, 9.17) is 11.5 Å². The van der Waals surface area contributed by atoms with Gasteiger partial charge in [0.25, 0.3) is 0 Å². The van der Waals surface area contributed by atoms with Gasteiger partial charge in [0.05, 0.1) is 6.04 Å².